The maximum atomic E-state index is 11.6. The minimum atomic E-state index is -3.86. The molecule has 1 heterocycles. The molecular formula is C22H19N3O4S. The summed E-state index contributed by atoms with van der Waals surface area (Å²) in [6.07, 6.45) is 1.60. The van der Waals surface area contributed by atoms with Crippen molar-refractivity contribution in [2.45, 2.75) is 4.90 Å². The summed E-state index contributed by atoms with van der Waals surface area (Å²) >= 11 is 0. The summed E-state index contributed by atoms with van der Waals surface area (Å²) in [5.74, 6) is 0.991. The fourth-order valence-electron chi connectivity index (χ4n) is 3.02. The average Bonchev–Trinajstić information content (AvgIpc) is 3.22. The van der Waals surface area contributed by atoms with Crippen molar-refractivity contribution in [3.8, 4) is 28.2 Å². The first kappa shape index (κ1) is 19.7. The van der Waals surface area contributed by atoms with Crippen LogP contribution in [0.3, 0.4) is 0 Å². The second-order valence-electron chi connectivity index (χ2n) is 6.51. The summed E-state index contributed by atoms with van der Waals surface area (Å²) in [6, 6.07) is 22.4. The summed E-state index contributed by atoms with van der Waals surface area (Å²) in [4.78, 5) is 4.20. The first-order chi connectivity index (χ1) is 14.4. The molecule has 0 aliphatic rings. The van der Waals surface area contributed by atoms with Crippen molar-refractivity contribution in [2.24, 2.45) is 5.14 Å². The van der Waals surface area contributed by atoms with E-state index in [2.05, 4.69) is 10.3 Å². The number of primary sulfonamides is 1. The maximum absolute atomic E-state index is 11.6. The highest BCUT2D eigenvalue weighted by atomic mass is 32.2. The average molecular weight is 421 g/mol. The molecule has 30 heavy (non-hydrogen) atoms. The monoisotopic (exact) mass is 421 g/mol. The standard InChI is InChI=1S/C22H19N3O4S/c1-28-20-11-10-18(30(23,26)27)13-19(20)25-22-24-14-21(29-22)17-9-5-8-16(12-17)15-6-3-2-4-7-15/h2-14H,1H3,(H,24,25)(H2,23,26,27). The molecule has 0 bridgehead atoms. The molecule has 0 amide bonds. The summed E-state index contributed by atoms with van der Waals surface area (Å²) in [5.41, 5.74) is 3.39. The van der Waals surface area contributed by atoms with Gasteiger partial charge < -0.3 is 14.5 Å². The third-order valence-corrected chi connectivity index (χ3v) is 5.41. The lowest BCUT2D eigenvalue weighted by atomic mass is 10.0. The van der Waals surface area contributed by atoms with Gasteiger partial charge in [-0.3, -0.25) is 0 Å². The number of methoxy groups -OCH3 is 1. The number of nitrogens with zero attached hydrogens (tertiary/aromatic N) is 1. The molecule has 0 spiro atoms. The lowest BCUT2D eigenvalue weighted by Crippen LogP contribution is -2.12. The molecule has 3 aromatic carbocycles. The lowest BCUT2D eigenvalue weighted by molar-refractivity contribution is 0.416. The molecule has 0 aliphatic heterocycles. The van der Waals surface area contributed by atoms with Crippen LogP contribution >= 0.6 is 0 Å². The van der Waals surface area contributed by atoms with E-state index in [1.54, 1.807) is 6.20 Å². The fourth-order valence-corrected chi connectivity index (χ4v) is 3.56. The Labute approximate surface area is 174 Å². The Kier molecular flexibility index (Phi) is 5.26. The molecule has 3 N–H and O–H groups in total. The van der Waals surface area contributed by atoms with E-state index < -0.39 is 10.0 Å². The van der Waals surface area contributed by atoms with Crippen LogP contribution in [0.15, 0.2) is 88.3 Å². The first-order valence-electron chi connectivity index (χ1n) is 9.03. The van der Waals surface area contributed by atoms with Crippen molar-refractivity contribution in [1.29, 1.82) is 0 Å². The van der Waals surface area contributed by atoms with Gasteiger partial charge in [-0.1, -0.05) is 48.5 Å². The first-order valence-corrected chi connectivity index (χ1v) is 10.6. The molecular weight excluding hydrogens is 402 g/mol. The van der Waals surface area contributed by atoms with Crippen LogP contribution < -0.4 is 15.2 Å². The van der Waals surface area contributed by atoms with E-state index in [0.29, 0.717) is 17.2 Å². The molecule has 8 heteroatoms. The topological polar surface area (TPSA) is 107 Å². The van der Waals surface area contributed by atoms with Crippen LogP contribution in [0.5, 0.6) is 5.75 Å². The predicted molar refractivity (Wildman–Crippen MR) is 115 cm³/mol. The summed E-state index contributed by atoms with van der Waals surface area (Å²) in [5, 5.41) is 8.17. The quantitative estimate of drug-likeness (QED) is 0.478. The van der Waals surface area contributed by atoms with Gasteiger partial charge in [0.1, 0.15) is 5.75 Å². The van der Waals surface area contributed by atoms with Gasteiger partial charge in [0, 0.05) is 5.56 Å². The number of sulfonamides is 1. The van der Waals surface area contributed by atoms with Gasteiger partial charge in [-0.15, -0.1) is 0 Å². The number of oxazole rings is 1. The van der Waals surface area contributed by atoms with Crippen molar-refractivity contribution in [2.75, 3.05) is 12.4 Å². The van der Waals surface area contributed by atoms with Gasteiger partial charge in [0.25, 0.3) is 6.01 Å². The highest BCUT2D eigenvalue weighted by molar-refractivity contribution is 7.89. The van der Waals surface area contributed by atoms with Crippen LogP contribution in [0.1, 0.15) is 0 Å². The maximum Gasteiger partial charge on any atom is 0.299 e. The van der Waals surface area contributed by atoms with Crippen LogP contribution in [0.25, 0.3) is 22.5 Å². The SMILES string of the molecule is COc1ccc(S(N)(=O)=O)cc1Nc1ncc(-c2cccc(-c3ccccc3)c2)o1. The predicted octanol–water partition coefficient (Wildman–Crippen LogP) is 4.41. The molecule has 0 saturated carbocycles. The van der Waals surface area contributed by atoms with Crippen molar-refractivity contribution in [3.63, 3.8) is 0 Å². The zero-order valence-electron chi connectivity index (χ0n) is 16.1. The molecule has 0 unspecified atom stereocenters. The molecule has 1 aromatic heterocycles. The van der Waals surface area contributed by atoms with Crippen LogP contribution in [0.2, 0.25) is 0 Å². The summed E-state index contributed by atoms with van der Waals surface area (Å²) in [6.45, 7) is 0. The molecule has 0 saturated heterocycles. The van der Waals surface area contributed by atoms with Gasteiger partial charge >= 0.3 is 0 Å². The zero-order chi connectivity index (χ0) is 21.1. The van der Waals surface area contributed by atoms with Gasteiger partial charge in [0.05, 0.1) is 23.9 Å². The number of ether oxygens (including phenoxy) is 1. The second kappa shape index (κ2) is 8.02. The molecule has 0 atom stereocenters. The number of rotatable bonds is 6. The summed E-state index contributed by atoms with van der Waals surface area (Å²) < 4.78 is 34.4. The van der Waals surface area contributed by atoms with Gasteiger partial charge in [-0.25, -0.2) is 18.5 Å². The number of nitrogens with one attached hydrogen (secondary N) is 1. The van der Waals surface area contributed by atoms with Gasteiger partial charge in [-0.2, -0.15) is 0 Å². The Bertz CT molecular complexity index is 1280. The number of aromatic nitrogens is 1. The number of nitrogens with two attached hydrogens (primary N) is 1. The zero-order valence-corrected chi connectivity index (χ0v) is 16.9. The fraction of sp³-hybridized carbons (Fsp3) is 0.0455. The number of hydrogen-bond donors (Lipinski definition) is 2. The normalized spacial score (nSPS) is 11.3. The van der Waals surface area contributed by atoms with Gasteiger partial charge in [-0.05, 0) is 35.4 Å². The highest BCUT2D eigenvalue weighted by Gasteiger charge is 2.14. The van der Waals surface area contributed by atoms with E-state index in [1.807, 2.05) is 54.6 Å². The smallest absolute Gasteiger partial charge is 0.299 e. The van der Waals surface area contributed by atoms with Crippen molar-refractivity contribution >= 4 is 21.7 Å². The van der Waals surface area contributed by atoms with Crippen molar-refractivity contribution in [3.05, 3.63) is 79.0 Å². The van der Waals surface area contributed by atoms with Gasteiger partial charge in [0.2, 0.25) is 10.0 Å². The highest BCUT2D eigenvalue weighted by Crippen LogP contribution is 2.32. The molecule has 4 aromatic rings. The van der Waals surface area contributed by atoms with Crippen molar-refractivity contribution < 1.29 is 17.6 Å². The number of benzene rings is 3. The molecule has 152 valence electrons. The Balaban J connectivity index is 1.63. The Morgan fingerprint density at radius 1 is 0.933 bits per heavy atom. The lowest BCUT2D eigenvalue weighted by Gasteiger charge is -2.10. The Morgan fingerprint density at radius 3 is 2.40 bits per heavy atom. The van der Waals surface area contributed by atoms with E-state index in [4.69, 9.17) is 14.3 Å². The second-order valence-corrected chi connectivity index (χ2v) is 8.07. The van der Waals surface area contributed by atoms with E-state index in [1.165, 1.54) is 25.3 Å². The van der Waals surface area contributed by atoms with Crippen molar-refractivity contribution in [1.82, 2.24) is 4.98 Å². The Hall–Kier alpha value is -3.62. The number of anilines is 2. The molecule has 0 fully saturated rings. The van der Waals surface area contributed by atoms with Crippen LogP contribution in [-0.4, -0.2) is 20.5 Å². The minimum Gasteiger partial charge on any atom is -0.495 e. The molecule has 0 aliphatic carbocycles. The molecule has 4 rings (SSSR count). The van der Waals surface area contributed by atoms with E-state index in [0.717, 1.165) is 16.7 Å². The number of hydrogen-bond acceptors (Lipinski definition) is 6. The summed E-state index contributed by atoms with van der Waals surface area (Å²) in [7, 11) is -2.38. The third-order valence-electron chi connectivity index (χ3n) is 4.50. The van der Waals surface area contributed by atoms with E-state index in [-0.39, 0.29) is 10.9 Å². The van der Waals surface area contributed by atoms with E-state index in [9.17, 15) is 8.42 Å². The third kappa shape index (κ3) is 4.19. The Morgan fingerprint density at radius 2 is 1.67 bits per heavy atom. The van der Waals surface area contributed by atoms with Crippen LogP contribution in [0, 0.1) is 0 Å². The van der Waals surface area contributed by atoms with Crippen LogP contribution in [0.4, 0.5) is 11.7 Å². The molecule has 7 nitrogen and oxygen atoms in total. The molecule has 0 radical (unpaired) electrons. The van der Waals surface area contributed by atoms with E-state index >= 15 is 0 Å². The largest absolute Gasteiger partial charge is 0.495 e. The minimum absolute atomic E-state index is 0.0480. The van der Waals surface area contributed by atoms with Crippen LogP contribution in [-0.2, 0) is 10.0 Å². The van der Waals surface area contributed by atoms with Gasteiger partial charge in [0.15, 0.2) is 5.76 Å².